The molecule has 5 nitrogen and oxygen atoms in total. The van der Waals surface area contributed by atoms with Crippen LogP contribution >= 0.6 is 0 Å². The Morgan fingerprint density at radius 1 is 1.21 bits per heavy atom. The fraction of sp³-hybridized carbons (Fsp3) is 0. The lowest BCUT2D eigenvalue weighted by Gasteiger charge is -2.05. The summed E-state index contributed by atoms with van der Waals surface area (Å²) in [4.78, 5) is 26.2. The van der Waals surface area contributed by atoms with Crippen molar-refractivity contribution in [1.82, 2.24) is 4.98 Å². The first-order valence-corrected chi connectivity index (χ1v) is 5.33. The van der Waals surface area contributed by atoms with Crippen molar-refractivity contribution in [3.05, 3.63) is 59.7 Å². The van der Waals surface area contributed by atoms with Crippen molar-refractivity contribution in [3.63, 3.8) is 0 Å². The number of nitrogens with one attached hydrogen (secondary N) is 1. The number of benzene rings is 1. The molecule has 0 saturated heterocycles. The Labute approximate surface area is 107 Å². The summed E-state index contributed by atoms with van der Waals surface area (Å²) >= 11 is 0. The van der Waals surface area contributed by atoms with E-state index in [0.29, 0.717) is 0 Å². The molecule has 0 unspecified atom stereocenters. The first-order valence-electron chi connectivity index (χ1n) is 5.33. The van der Waals surface area contributed by atoms with Crippen molar-refractivity contribution in [2.75, 3.05) is 5.32 Å². The van der Waals surface area contributed by atoms with Crippen molar-refractivity contribution in [1.29, 1.82) is 0 Å². The first kappa shape index (κ1) is 12.7. The third-order valence-electron chi connectivity index (χ3n) is 2.35. The summed E-state index contributed by atoms with van der Waals surface area (Å²) < 4.78 is 13.4. The van der Waals surface area contributed by atoms with Crippen LogP contribution in [-0.2, 0) is 0 Å². The van der Waals surface area contributed by atoms with Gasteiger partial charge in [-0.1, -0.05) is 6.07 Å². The number of hydrogen-bond donors (Lipinski definition) is 2. The topological polar surface area (TPSA) is 79.3 Å². The highest BCUT2D eigenvalue weighted by Crippen LogP contribution is 2.15. The van der Waals surface area contributed by atoms with Gasteiger partial charge in [-0.05, 0) is 30.3 Å². The van der Waals surface area contributed by atoms with Crippen LogP contribution in [0.2, 0.25) is 0 Å². The second kappa shape index (κ2) is 5.26. The molecule has 1 amide bonds. The summed E-state index contributed by atoms with van der Waals surface area (Å²) in [5.74, 6) is -2.77. The van der Waals surface area contributed by atoms with Gasteiger partial charge in [0.2, 0.25) is 0 Å². The fourth-order valence-corrected chi connectivity index (χ4v) is 1.46. The lowest BCUT2D eigenvalue weighted by Crippen LogP contribution is -2.13. The summed E-state index contributed by atoms with van der Waals surface area (Å²) in [6.07, 6.45) is 1.46. The Morgan fingerprint density at radius 3 is 2.58 bits per heavy atom. The molecule has 19 heavy (non-hydrogen) atoms. The highest BCUT2D eigenvalue weighted by Gasteiger charge is 2.12. The second-order valence-electron chi connectivity index (χ2n) is 3.67. The summed E-state index contributed by atoms with van der Waals surface area (Å²) in [6.45, 7) is 0. The minimum Gasteiger partial charge on any atom is -0.478 e. The SMILES string of the molecule is O=C(Nc1ccc(C(=O)O)c(F)c1)c1ccccn1. The fourth-order valence-electron chi connectivity index (χ4n) is 1.46. The van der Waals surface area contributed by atoms with Crippen LogP contribution in [0.5, 0.6) is 0 Å². The molecule has 1 heterocycles. The second-order valence-corrected chi connectivity index (χ2v) is 3.67. The zero-order chi connectivity index (χ0) is 13.8. The van der Waals surface area contributed by atoms with Gasteiger partial charge in [-0.25, -0.2) is 9.18 Å². The first-order chi connectivity index (χ1) is 9.08. The number of halogens is 1. The van der Waals surface area contributed by atoms with Gasteiger partial charge in [0.25, 0.3) is 5.91 Å². The molecule has 0 atom stereocenters. The van der Waals surface area contributed by atoms with Crippen molar-refractivity contribution in [3.8, 4) is 0 Å². The molecule has 2 rings (SSSR count). The van der Waals surface area contributed by atoms with Gasteiger partial charge in [0.15, 0.2) is 0 Å². The highest BCUT2D eigenvalue weighted by atomic mass is 19.1. The summed E-state index contributed by atoms with van der Waals surface area (Å²) in [7, 11) is 0. The van der Waals surface area contributed by atoms with Crippen molar-refractivity contribution < 1.29 is 19.1 Å². The molecule has 96 valence electrons. The van der Waals surface area contributed by atoms with Crippen LogP contribution in [0, 0.1) is 5.82 Å². The van der Waals surface area contributed by atoms with Gasteiger partial charge in [-0.2, -0.15) is 0 Å². The van der Waals surface area contributed by atoms with Crippen molar-refractivity contribution >= 4 is 17.6 Å². The standard InChI is InChI=1S/C13H9FN2O3/c14-10-7-8(4-5-9(10)13(18)19)16-12(17)11-3-1-2-6-15-11/h1-7H,(H,16,17)(H,18,19). The molecule has 2 N–H and O–H groups in total. The monoisotopic (exact) mass is 260 g/mol. The van der Waals surface area contributed by atoms with Gasteiger partial charge in [0.1, 0.15) is 11.5 Å². The number of rotatable bonds is 3. The lowest BCUT2D eigenvalue weighted by atomic mass is 10.2. The number of carbonyl (C=O) groups excluding carboxylic acids is 1. The molecular formula is C13H9FN2O3. The molecule has 0 aliphatic heterocycles. The quantitative estimate of drug-likeness (QED) is 0.886. The molecule has 1 aromatic heterocycles. The largest absolute Gasteiger partial charge is 0.478 e. The smallest absolute Gasteiger partial charge is 0.338 e. The summed E-state index contributed by atoms with van der Waals surface area (Å²) in [5.41, 5.74) is -0.0980. The van der Waals surface area contributed by atoms with E-state index in [2.05, 4.69) is 10.3 Å². The predicted molar refractivity (Wildman–Crippen MR) is 65.5 cm³/mol. The van der Waals surface area contributed by atoms with E-state index < -0.39 is 23.3 Å². The van der Waals surface area contributed by atoms with Crippen LogP contribution < -0.4 is 5.32 Å². The van der Waals surface area contributed by atoms with Crippen LogP contribution in [0.15, 0.2) is 42.6 Å². The summed E-state index contributed by atoms with van der Waals surface area (Å²) in [5, 5.41) is 11.1. The Kier molecular flexibility index (Phi) is 3.51. The molecule has 0 bridgehead atoms. The number of carboxylic acids is 1. The minimum absolute atomic E-state index is 0.165. The molecule has 0 saturated carbocycles. The molecule has 2 aromatic rings. The van der Waals surface area contributed by atoms with Gasteiger partial charge < -0.3 is 10.4 Å². The molecule has 6 heteroatoms. The molecule has 0 spiro atoms. The van der Waals surface area contributed by atoms with Gasteiger partial charge >= 0.3 is 5.97 Å². The van der Waals surface area contributed by atoms with E-state index in [-0.39, 0.29) is 11.4 Å². The van der Waals surface area contributed by atoms with E-state index in [0.717, 1.165) is 12.1 Å². The van der Waals surface area contributed by atoms with Gasteiger partial charge in [-0.3, -0.25) is 9.78 Å². The Morgan fingerprint density at radius 2 is 2.00 bits per heavy atom. The number of aromatic nitrogens is 1. The number of amides is 1. The molecular weight excluding hydrogens is 251 g/mol. The van der Waals surface area contributed by atoms with Crippen LogP contribution in [0.25, 0.3) is 0 Å². The van der Waals surface area contributed by atoms with E-state index in [9.17, 15) is 14.0 Å². The van der Waals surface area contributed by atoms with Gasteiger partial charge in [0, 0.05) is 11.9 Å². The van der Waals surface area contributed by atoms with Gasteiger partial charge in [0.05, 0.1) is 5.56 Å². The zero-order valence-corrected chi connectivity index (χ0v) is 9.63. The maximum Gasteiger partial charge on any atom is 0.338 e. The molecule has 0 radical (unpaired) electrons. The van der Waals surface area contributed by atoms with Crippen molar-refractivity contribution in [2.45, 2.75) is 0 Å². The average molecular weight is 260 g/mol. The van der Waals surface area contributed by atoms with Gasteiger partial charge in [-0.15, -0.1) is 0 Å². The van der Waals surface area contributed by atoms with E-state index in [1.165, 1.54) is 18.3 Å². The number of aromatic carboxylic acids is 1. The number of carboxylic acid groups (broad SMARTS) is 1. The van der Waals surface area contributed by atoms with Crippen molar-refractivity contribution in [2.24, 2.45) is 0 Å². The van der Waals surface area contributed by atoms with Crippen LogP contribution in [0.1, 0.15) is 20.8 Å². The Hall–Kier alpha value is -2.76. The Balaban J connectivity index is 2.19. The number of hydrogen-bond acceptors (Lipinski definition) is 3. The van der Waals surface area contributed by atoms with E-state index in [4.69, 9.17) is 5.11 Å². The third kappa shape index (κ3) is 2.92. The molecule has 1 aromatic carbocycles. The normalized spacial score (nSPS) is 9.95. The number of nitrogens with zero attached hydrogens (tertiary/aromatic N) is 1. The average Bonchev–Trinajstić information content (AvgIpc) is 2.39. The molecule has 0 fully saturated rings. The van der Waals surface area contributed by atoms with Crippen LogP contribution in [0.4, 0.5) is 10.1 Å². The molecule has 0 aliphatic carbocycles. The van der Waals surface area contributed by atoms with Crippen LogP contribution in [-0.4, -0.2) is 22.0 Å². The Bertz CT molecular complexity index is 629. The highest BCUT2D eigenvalue weighted by molar-refractivity contribution is 6.03. The third-order valence-corrected chi connectivity index (χ3v) is 2.35. The summed E-state index contributed by atoms with van der Waals surface area (Å²) in [6, 6.07) is 8.18. The van der Waals surface area contributed by atoms with E-state index in [1.54, 1.807) is 12.1 Å². The van der Waals surface area contributed by atoms with E-state index >= 15 is 0 Å². The number of carbonyl (C=O) groups is 2. The maximum absolute atomic E-state index is 13.4. The lowest BCUT2D eigenvalue weighted by molar-refractivity contribution is 0.0692. The minimum atomic E-state index is -1.36. The number of anilines is 1. The predicted octanol–water partition coefficient (Wildman–Crippen LogP) is 2.17. The number of pyridine rings is 1. The maximum atomic E-state index is 13.4. The van der Waals surface area contributed by atoms with E-state index in [1.807, 2.05) is 0 Å². The zero-order valence-electron chi connectivity index (χ0n) is 9.63. The molecule has 0 aliphatic rings. The van der Waals surface area contributed by atoms with Crippen LogP contribution in [0.3, 0.4) is 0 Å².